The van der Waals surface area contributed by atoms with Gasteiger partial charge in [-0.15, -0.1) is 0 Å². The molecule has 6 heteroatoms. The van der Waals surface area contributed by atoms with Crippen LogP contribution in [0.4, 0.5) is 5.69 Å². The lowest BCUT2D eigenvalue weighted by atomic mass is 10.0. The van der Waals surface area contributed by atoms with Crippen molar-refractivity contribution < 1.29 is 14.3 Å². The Morgan fingerprint density at radius 2 is 1.83 bits per heavy atom. The summed E-state index contributed by atoms with van der Waals surface area (Å²) in [5.41, 5.74) is 3.96. The van der Waals surface area contributed by atoms with Gasteiger partial charge >= 0.3 is 0 Å². The van der Waals surface area contributed by atoms with E-state index in [0.717, 1.165) is 22.4 Å². The summed E-state index contributed by atoms with van der Waals surface area (Å²) in [6.07, 6.45) is 3.49. The van der Waals surface area contributed by atoms with Gasteiger partial charge < -0.3 is 14.8 Å². The molecule has 1 amide bonds. The molecule has 0 bridgehead atoms. The predicted molar refractivity (Wildman–Crippen MR) is 110 cm³/mol. The summed E-state index contributed by atoms with van der Waals surface area (Å²) >= 11 is 0. The number of carbonyl (C=O) groups is 1. The number of nitriles is 1. The van der Waals surface area contributed by atoms with E-state index in [2.05, 4.69) is 10.3 Å². The molecule has 0 unspecified atom stereocenters. The lowest BCUT2D eigenvalue weighted by Crippen LogP contribution is -2.13. The van der Waals surface area contributed by atoms with Crippen LogP contribution in [0, 0.1) is 25.2 Å². The number of pyridine rings is 1. The first-order valence-electron chi connectivity index (χ1n) is 9.11. The molecule has 1 aromatic heterocycles. The maximum Gasteiger partial charge on any atom is 0.255 e. The standard InChI is InChI=1S/C23H21N3O3/c1-16-12-19(13-17(2)22(16)29-15-18-4-3-10-25-14-18)23(27)26-20-5-7-21(8-6-20)28-11-9-24/h3-8,10,12-14H,11,15H2,1-2H3,(H,26,27). The largest absolute Gasteiger partial charge is 0.488 e. The third-order valence-electron chi connectivity index (χ3n) is 4.24. The van der Waals surface area contributed by atoms with E-state index in [-0.39, 0.29) is 12.5 Å². The summed E-state index contributed by atoms with van der Waals surface area (Å²) in [6, 6.07) is 16.2. The highest BCUT2D eigenvalue weighted by Gasteiger charge is 2.12. The number of anilines is 1. The second-order valence-electron chi connectivity index (χ2n) is 6.51. The van der Waals surface area contributed by atoms with Crippen LogP contribution in [0.2, 0.25) is 0 Å². The minimum absolute atomic E-state index is 0.0144. The van der Waals surface area contributed by atoms with Crippen molar-refractivity contribution in [3.63, 3.8) is 0 Å². The van der Waals surface area contributed by atoms with Crippen molar-refractivity contribution in [3.8, 4) is 17.6 Å². The van der Waals surface area contributed by atoms with Crippen molar-refractivity contribution >= 4 is 11.6 Å². The zero-order valence-corrected chi connectivity index (χ0v) is 16.3. The second kappa shape index (κ2) is 9.38. The number of amides is 1. The summed E-state index contributed by atoms with van der Waals surface area (Å²) < 4.78 is 11.2. The van der Waals surface area contributed by atoms with Crippen LogP contribution in [0.1, 0.15) is 27.0 Å². The smallest absolute Gasteiger partial charge is 0.255 e. The summed E-state index contributed by atoms with van der Waals surface area (Å²) in [6.45, 7) is 4.24. The molecule has 0 radical (unpaired) electrons. The second-order valence-corrected chi connectivity index (χ2v) is 6.51. The number of ether oxygens (including phenoxy) is 2. The Balaban J connectivity index is 1.67. The minimum atomic E-state index is -0.208. The molecule has 0 atom stereocenters. The summed E-state index contributed by atoms with van der Waals surface area (Å²) in [7, 11) is 0. The van der Waals surface area contributed by atoms with Gasteiger partial charge in [0, 0.05) is 29.2 Å². The number of rotatable bonds is 7. The van der Waals surface area contributed by atoms with Crippen LogP contribution in [-0.2, 0) is 6.61 Å². The van der Waals surface area contributed by atoms with E-state index in [1.807, 2.05) is 44.2 Å². The molecule has 29 heavy (non-hydrogen) atoms. The molecule has 0 aliphatic carbocycles. The van der Waals surface area contributed by atoms with Gasteiger partial charge in [0.25, 0.3) is 5.91 Å². The normalized spacial score (nSPS) is 10.1. The molecular weight excluding hydrogens is 366 g/mol. The maximum absolute atomic E-state index is 12.6. The Morgan fingerprint density at radius 1 is 1.10 bits per heavy atom. The topological polar surface area (TPSA) is 84.2 Å². The van der Waals surface area contributed by atoms with E-state index >= 15 is 0 Å². The highest BCUT2D eigenvalue weighted by atomic mass is 16.5. The average molecular weight is 387 g/mol. The van der Waals surface area contributed by atoms with E-state index in [0.29, 0.717) is 23.6 Å². The molecule has 146 valence electrons. The molecule has 0 fully saturated rings. The van der Waals surface area contributed by atoms with Crippen molar-refractivity contribution in [3.05, 3.63) is 83.2 Å². The molecule has 1 heterocycles. The van der Waals surface area contributed by atoms with Gasteiger partial charge in [-0.3, -0.25) is 9.78 Å². The molecule has 3 rings (SSSR count). The van der Waals surface area contributed by atoms with Gasteiger partial charge in [0.05, 0.1) is 0 Å². The Labute approximate surface area is 169 Å². The van der Waals surface area contributed by atoms with Crippen LogP contribution < -0.4 is 14.8 Å². The Kier molecular flexibility index (Phi) is 6.43. The fourth-order valence-electron chi connectivity index (χ4n) is 2.90. The molecular formula is C23H21N3O3. The van der Waals surface area contributed by atoms with Crippen molar-refractivity contribution in [1.82, 2.24) is 4.98 Å². The van der Waals surface area contributed by atoms with Gasteiger partial charge in [-0.25, -0.2) is 0 Å². The highest BCUT2D eigenvalue weighted by molar-refractivity contribution is 6.04. The van der Waals surface area contributed by atoms with Crippen molar-refractivity contribution in [2.24, 2.45) is 0 Å². The Hall–Kier alpha value is -3.85. The lowest BCUT2D eigenvalue weighted by Gasteiger charge is -2.14. The van der Waals surface area contributed by atoms with Crippen LogP contribution in [-0.4, -0.2) is 17.5 Å². The van der Waals surface area contributed by atoms with Gasteiger partial charge in [0.1, 0.15) is 24.2 Å². The number of aromatic nitrogens is 1. The van der Waals surface area contributed by atoms with Crippen LogP contribution in [0.5, 0.6) is 11.5 Å². The number of nitrogens with zero attached hydrogens (tertiary/aromatic N) is 2. The highest BCUT2D eigenvalue weighted by Crippen LogP contribution is 2.26. The Bertz CT molecular complexity index is 1000. The summed E-state index contributed by atoms with van der Waals surface area (Å²) in [5, 5.41) is 11.4. The SMILES string of the molecule is Cc1cc(C(=O)Nc2ccc(OCC#N)cc2)cc(C)c1OCc1cccnc1. The van der Waals surface area contributed by atoms with Crippen molar-refractivity contribution in [2.45, 2.75) is 20.5 Å². The molecule has 6 nitrogen and oxygen atoms in total. The van der Waals surface area contributed by atoms with Crippen LogP contribution >= 0.6 is 0 Å². The zero-order chi connectivity index (χ0) is 20.6. The minimum Gasteiger partial charge on any atom is -0.488 e. The molecule has 0 aliphatic rings. The predicted octanol–water partition coefficient (Wildman–Crippen LogP) is 4.43. The van der Waals surface area contributed by atoms with E-state index in [1.54, 1.807) is 36.7 Å². The molecule has 0 aliphatic heterocycles. The monoisotopic (exact) mass is 387 g/mol. The fourth-order valence-corrected chi connectivity index (χ4v) is 2.90. The lowest BCUT2D eigenvalue weighted by molar-refractivity contribution is 0.102. The number of aryl methyl sites for hydroxylation is 2. The fraction of sp³-hybridized carbons (Fsp3) is 0.174. The number of hydrogen-bond donors (Lipinski definition) is 1. The maximum atomic E-state index is 12.6. The van der Waals surface area contributed by atoms with E-state index < -0.39 is 0 Å². The van der Waals surface area contributed by atoms with E-state index in [9.17, 15) is 4.79 Å². The van der Waals surface area contributed by atoms with Gasteiger partial charge in [0.2, 0.25) is 0 Å². The van der Waals surface area contributed by atoms with Crippen molar-refractivity contribution in [2.75, 3.05) is 11.9 Å². The third kappa shape index (κ3) is 5.33. The van der Waals surface area contributed by atoms with Crippen LogP contribution in [0.3, 0.4) is 0 Å². The van der Waals surface area contributed by atoms with Crippen LogP contribution in [0.25, 0.3) is 0 Å². The molecule has 1 N–H and O–H groups in total. The number of carbonyl (C=O) groups excluding carboxylic acids is 1. The molecule has 0 spiro atoms. The average Bonchev–Trinajstić information content (AvgIpc) is 2.73. The van der Waals surface area contributed by atoms with E-state index in [1.165, 1.54) is 0 Å². The van der Waals surface area contributed by atoms with Gasteiger partial charge in [-0.05, 0) is 67.4 Å². The van der Waals surface area contributed by atoms with Crippen LogP contribution in [0.15, 0.2) is 60.9 Å². The summed E-state index contributed by atoms with van der Waals surface area (Å²) in [4.78, 5) is 16.7. The van der Waals surface area contributed by atoms with Gasteiger partial charge in [-0.1, -0.05) is 6.07 Å². The molecule has 2 aromatic carbocycles. The zero-order valence-electron chi connectivity index (χ0n) is 16.3. The molecule has 0 saturated heterocycles. The quantitative estimate of drug-likeness (QED) is 0.648. The van der Waals surface area contributed by atoms with Crippen molar-refractivity contribution in [1.29, 1.82) is 5.26 Å². The van der Waals surface area contributed by atoms with E-state index in [4.69, 9.17) is 14.7 Å². The Morgan fingerprint density at radius 3 is 2.45 bits per heavy atom. The number of hydrogen-bond acceptors (Lipinski definition) is 5. The summed E-state index contributed by atoms with van der Waals surface area (Å²) in [5.74, 6) is 1.14. The molecule has 0 saturated carbocycles. The van der Waals surface area contributed by atoms with Gasteiger partial charge in [0.15, 0.2) is 6.61 Å². The van der Waals surface area contributed by atoms with Gasteiger partial charge in [-0.2, -0.15) is 5.26 Å². The first kappa shape index (κ1) is 19.9. The third-order valence-corrected chi connectivity index (χ3v) is 4.24. The first-order chi connectivity index (χ1) is 14.1. The number of benzene rings is 2. The number of nitrogens with one attached hydrogen (secondary N) is 1. The first-order valence-corrected chi connectivity index (χ1v) is 9.11. The molecule has 3 aromatic rings.